The number of nitrogens with one attached hydrogen (secondary N) is 2. The van der Waals surface area contributed by atoms with Crippen LogP contribution < -0.4 is 10.9 Å². The molecule has 31 heavy (non-hydrogen) atoms. The van der Waals surface area contributed by atoms with Gasteiger partial charge in [-0.3, -0.25) is 14.5 Å². The maximum atomic E-state index is 12.9. The van der Waals surface area contributed by atoms with Crippen LogP contribution in [0.2, 0.25) is 0 Å². The first-order valence-corrected chi connectivity index (χ1v) is 10.3. The highest BCUT2D eigenvalue weighted by atomic mass is 19.4. The molecule has 1 unspecified atom stereocenters. The van der Waals surface area contributed by atoms with Gasteiger partial charge in [-0.05, 0) is 30.9 Å². The number of aryl methyl sites for hydroxylation is 1. The van der Waals surface area contributed by atoms with Crippen molar-refractivity contribution in [1.29, 1.82) is 0 Å². The van der Waals surface area contributed by atoms with Crippen LogP contribution in [-0.2, 0) is 6.42 Å². The van der Waals surface area contributed by atoms with Gasteiger partial charge in [0.1, 0.15) is 5.56 Å². The van der Waals surface area contributed by atoms with Gasteiger partial charge in [0.15, 0.2) is 0 Å². The number of hydrogen-bond acceptors (Lipinski definition) is 4. The summed E-state index contributed by atoms with van der Waals surface area (Å²) in [6.07, 6.45) is -3.19. The predicted molar refractivity (Wildman–Crippen MR) is 108 cm³/mol. The molecule has 2 heterocycles. The molecule has 1 fully saturated rings. The van der Waals surface area contributed by atoms with Crippen LogP contribution in [0.25, 0.3) is 0 Å². The van der Waals surface area contributed by atoms with Crippen molar-refractivity contribution in [3.05, 3.63) is 69.1 Å². The number of aliphatic hydroxyl groups excluding tert-OH is 1. The molecule has 2 aromatic rings. The number of aromatic nitrogens is 1. The van der Waals surface area contributed by atoms with E-state index in [0.717, 1.165) is 12.0 Å². The summed E-state index contributed by atoms with van der Waals surface area (Å²) in [7, 11) is 0. The lowest BCUT2D eigenvalue weighted by Crippen LogP contribution is -2.42. The van der Waals surface area contributed by atoms with E-state index in [-0.39, 0.29) is 24.6 Å². The first-order chi connectivity index (χ1) is 14.7. The summed E-state index contributed by atoms with van der Waals surface area (Å²) in [5.41, 5.74) is 1.28. The Labute approximate surface area is 177 Å². The van der Waals surface area contributed by atoms with Gasteiger partial charge in [-0.2, -0.15) is 13.2 Å². The van der Waals surface area contributed by atoms with Gasteiger partial charge in [0.05, 0.1) is 12.6 Å². The number of likely N-dealkylation sites (tertiary alicyclic amines) is 1. The Balaban J connectivity index is 1.58. The van der Waals surface area contributed by atoms with Crippen molar-refractivity contribution in [2.75, 3.05) is 19.6 Å². The minimum absolute atomic E-state index is 0.0241. The summed E-state index contributed by atoms with van der Waals surface area (Å²) >= 11 is 0. The summed E-state index contributed by atoms with van der Waals surface area (Å²) in [6, 6.07) is 9.89. The van der Waals surface area contributed by atoms with Gasteiger partial charge in [0.2, 0.25) is 0 Å². The van der Waals surface area contributed by atoms with Crippen molar-refractivity contribution in [1.82, 2.24) is 15.2 Å². The zero-order valence-electron chi connectivity index (χ0n) is 16.8. The average molecular weight is 435 g/mol. The minimum atomic E-state index is -4.34. The number of fused-ring (bicyclic) bond motifs is 1. The number of alkyl halides is 3. The number of aliphatic hydroxyl groups is 1. The van der Waals surface area contributed by atoms with Crippen molar-refractivity contribution < 1.29 is 23.1 Å². The number of hydrogen-bond donors (Lipinski definition) is 3. The molecule has 1 aromatic heterocycles. The fraction of sp³-hybridized carbons (Fsp3) is 0.455. The van der Waals surface area contributed by atoms with Gasteiger partial charge in [-0.25, -0.2) is 0 Å². The topological polar surface area (TPSA) is 85.4 Å². The van der Waals surface area contributed by atoms with E-state index in [4.69, 9.17) is 0 Å². The van der Waals surface area contributed by atoms with E-state index in [1.807, 2.05) is 18.2 Å². The third-order valence-corrected chi connectivity index (χ3v) is 6.01. The normalized spacial score (nSPS) is 24.1. The molecule has 1 saturated heterocycles. The molecule has 0 saturated carbocycles. The van der Waals surface area contributed by atoms with Gasteiger partial charge in [0.25, 0.3) is 11.5 Å². The van der Waals surface area contributed by atoms with Gasteiger partial charge in [0, 0.05) is 36.3 Å². The molecule has 4 rings (SSSR count). The second-order valence-electron chi connectivity index (χ2n) is 8.26. The van der Waals surface area contributed by atoms with Crippen molar-refractivity contribution in [2.24, 2.45) is 0 Å². The Morgan fingerprint density at radius 3 is 2.68 bits per heavy atom. The number of carbonyl (C=O) groups excluding carboxylic acids is 1. The molecule has 0 spiro atoms. The molecule has 2 aliphatic rings. The highest BCUT2D eigenvalue weighted by Gasteiger charge is 2.40. The number of aromatic amines is 1. The summed E-state index contributed by atoms with van der Waals surface area (Å²) < 4.78 is 38.8. The molecule has 166 valence electrons. The Morgan fingerprint density at radius 1 is 1.23 bits per heavy atom. The van der Waals surface area contributed by atoms with Crippen molar-refractivity contribution >= 4 is 5.91 Å². The Morgan fingerprint density at radius 2 is 1.97 bits per heavy atom. The highest BCUT2D eigenvalue weighted by Crippen LogP contribution is 2.31. The molecule has 3 N–H and O–H groups in total. The van der Waals surface area contributed by atoms with E-state index in [0.29, 0.717) is 24.1 Å². The molecular formula is C22H24F3N3O3. The summed E-state index contributed by atoms with van der Waals surface area (Å²) in [5.74, 6) is -0.989. The molecule has 6 nitrogen and oxygen atoms in total. The van der Waals surface area contributed by atoms with Gasteiger partial charge < -0.3 is 15.4 Å². The van der Waals surface area contributed by atoms with Crippen molar-refractivity contribution in [2.45, 2.75) is 43.5 Å². The number of rotatable bonds is 4. The summed E-state index contributed by atoms with van der Waals surface area (Å²) in [5, 5.41) is 13.0. The molecule has 0 bridgehead atoms. The third-order valence-electron chi connectivity index (χ3n) is 6.01. The van der Waals surface area contributed by atoms with Crippen molar-refractivity contribution in [3.8, 4) is 0 Å². The lowest BCUT2D eigenvalue weighted by atomic mass is 9.92. The predicted octanol–water partition coefficient (Wildman–Crippen LogP) is 2.50. The first-order valence-electron chi connectivity index (χ1n) is 10.3. The molecule has 3 atom stereocenters. The number of amides is 1. The SMILES string of the molecule is O=C(N[C@@H]1CN(CC(F)(F)F)C[C@H]1c1ccccc1)c1cc2c([nH]c1=O)CCCC2O. The maximum absolute atomic E-state index is 12.9. The second-order valence-corrected chi connectivity index (χ2v) is 8.26. The number of nitrogens with zero attached hydrogens (tertiary/aromatic N) is 1. The molecule has 1 aliphatic heterocycles. The molecule has 1 aliphatic carbocycles. The van der Waals surface area contributed by atoms with Gasteiger partial charge >= 0.3 is 6.18 Å². The molecule has 1 aromatic carbocycles. The second kappa shape index (κ2) is 8.47. The molecular weight excluding hydrogens is 411 g/mol. The number of halogens is 3. The van der Waals surface area contributed by atoms with Crippen LogP contribution in [0.5, 0.6) is 0 Å². The fourth-order valence-corrected chi connectivity index (χ4v) is 4.58. The van der Waals surface area contributed by atoms with E-state index in [2.05, 4.69) is 10.3 Å². The zero-order chi connectivity index (χ0) is 22.2. The molecule has 0 radical (unpaired) electrons. The molecule has 9 heteroatoms. The van der Waals surface area contributed by atoms with Crippen LogP contribution in [-0.4, -0.2) is 52.8 Å². The van der Waals surface area contributed by atoms with Crippen LogP contribution in [0.4, 0.5) is 13.2 Å². The Hall–Kier alpha value is -2.65. The maximum Gasteiger partial charge on any atom is 0.401 e. The third kappa shape index (κ3) is 4.83. The average Bonchev–Trinajstić information content (AvgIpc) is 3.08. The lowest BCUT2D eigenvalue weighted by molar-refractivity contribution is -0.143. The zero-order valence-corrected chi connectivity index (χ0v) is 16.8. The van der Waals surface area contributed by atoms with Crippen LogP contribution in [0.15, 0.2) is 41.2 Å². The fourth-order valence-electron chi connectivity index (χ4n) is 4.58. The largest absolute Gasteiger partial charge is 0.401 e. The van der Waals surface area contributed by atoms with Crippen LogP contribution in [0, 0.1) is 0 Å². The minimum Gasteiger partial charge on any atom is -0.388 e. The summed E-state index contributed by atoms with van der Waals surface area (Å²) in [6.45, 7) is -0.891. The Bertz CT molecular complexity index is 1010. The summed E-state index contributed by atoms with van der Waals surface area (Å²) in [4.78, 5) is 29.3. The van der Waals surface area contributed by atoms with Crippen molar-refractivity contribution in [3.63, 3.8) is 0 Å². The Kier molecular flexibility index (Phi) is 5.90. The van der Waals surface area contributed by atoms with E-state index in [1.54, 1.807) is 12.1 Å². The van der Waals surface area contributed by atoms with Crippen LogP contribution in [0.1, 0.15) is 52.0 Å². The van der Waals surface area contributed by atoms with Crippen LogP contribution in [0.3, 0.4) is 0 Å². The standard InChI is InChI=1S/C22H24F3N3O3/c23-22(24,25)12-28-10-16(13-5-2-1-3-6-13)18(11-28)27-21(31)15-9-14-17(26-20(15)30)7-4-8-19(14)29/h1-3,5-6,9,16,18-19,29H,4,7-8,10-12H2,(H,26,30)(H,27,31)/t16-,18+,19?/m0/s1. The first kappa shape index (κ1) is 21.6. The smallest absolute Gasteiger partial charge is 0.388 e. The van der Waals surface area contributed by atoms with E-state index in [9.17, 15) is 27.9 Å². The quantitative estimate of drug-likeness (QED) is 0.689. The monoisotopic (exact) mass is 435 g/mol. The highest BCUT2D eigenvalue weighted by molar-refractivity contribution is 5.94. The number of carbonyl (C=O) groups is 1. The molecule has 1 amide bonds. The number of benzene rings is 1. The van der Waals surface area contributed by atoms with Gasteiger partial charge in [-0.1, -0.05) is 30.3 Å². The number of H-pyrrole nitrogens is 1. The number of pyridine rings is 1. The van der Waals surface area contributed by atoms with E-state index < -0.39 is 36.3 Å². The van der Waals surface area contributed by atoms with E-state index in [1.165, 1.54) is 11.0 Å². The van der Waals surface area contributed by atoms with Crippen LogP contribution >= 0.6 is 0 Å². The lowest BCUT2D eigenvalue weighted by Gasteiger charge is -2.23. The van der Waals surface area contributed by atoms with Gasteiger partial charge in [-0.15, -0.1) is 0 Å². The van der Waals surface area contributed by atoms with E-state index >= 15 is 0 Å².